The Morgan fingerprint density at radius 3 is 2.43 bits per heavy atom. The van der Waals surface area contributed by atoms with Gasteiger partial charge in [0.2, 0.25) is 5.91 Å². The summed E-state index contributed by atoms with van der Waals surface area (Å²) >= 11 is 4.70. The minimum Gasteiger partial charge on any atom is -0.370 e. The molecule has 2 aliphatic rings. The van der Waals surface area contributed by atoms with Gasteiger partial charge in [-0.15, -0.1) is 11.3 Å². The van der Waals surface area contributed by atoms with E-state index in [0.29, 0.717) is 24.6 Å². The highest BCUT2D eigenvalue weighted by Gasteiger charge is 2.32. The third kappa shape index (κ3) is 3.96. The van der Waals surface area contributed by atoms with Gasteiger partial charge in [0.15, 0.2) is 0 Å². The molecule has 1 N–H and O–H groups in total. The number of carbonyl (C=O) groups is 3. The fraction of sp³-hybridized carbons (Fsp3) is 0.316. The average Bonchev–Trinajstić information content (AvgIpc) is 3.28. The van der Waals surface area contributed by atoms with Crippen LogP contribution in [0.2, 0.25) is 0 Å². The van der Waals surface area contributed by atoms with Crippen LogP contribution in [0.25, 0.3) is 0 Å². The summed E-state index contributed by atoms with van der Waals surface area (Å²) in [7, 11) is 0. The molecule has 2 aromatic rings. The predicted octanol–water partition coefficient (Wildman–Crippen LogP) is 2.41. The van der Waals surface area contributed by atoms with Crippen molar-refractivity contribution >= 4 is 56.4 Å². The number of hydrogen-bond donors (Lipinski definition) is 1. The van der Waals surface area contributed by atoms with E-state index in [9.17, 15) is 14.4 Å². The highest BCUT2D eigenvalue weighted by molar-refractivity contribution is 9.11. The molecule has 9 heteroatoms. The molecule has 1 aromatic carbocycles. The van der Waals surface area contributed by atoms with Gasteiger partial charge in [-0.25, -0.2) is 0 Å². The van der Waals surface area contributed by atoms with Crippen molar-refractivity contribution in [3.8, 4) is 0 Å². The lowest BCUT2D eigenvalue weighted by Crippen LogP contribution is -2.41. The summed E-state index contributed by atoms with van der Waals surface area (Å²) < 4.78 is 6.04. The van der Waals surface area contributed by atoms with Crippen molar-refractivity contribution in [2.24, 2.45) is 0 Å². The maximum absolute atomic E-state index is 12.4. The Morgan fingerprint density at radius 1 is 1.07 bits per heavy atom. The van der Waals surface area contributed by atoms with Crippen molar-refractivity contribution < 1.29 is 19.1 Å². The molecule has 4 rings (SSSR count). The Kier molecular flexibility index (Phi) is 5.47. The van der Waals surface area contributed by atoms with E-state index in [0.717, 1.165) is 15.2 Å². The fourth-order valence-electron chi connectivity index (χ4n) is 3.35. The molecular weight excluding hydrogens is 446 g/mol. The number of amides is 3. The largest absolute Gasteiger partial charge is 0.370 e. The van der Waals surface area contributed by atoms with Crippen LogP contribution < -0.4 is 15.1 Å². The molecule has 2 saturated heterocycles. The summed E-state index contributed by atoms with van der Waals surface area (Å²) in [5, 5.41) is 2.93. The summed E-state index contributed by atoms with van der Waals surface area (Å²) in [6, 6.07) is 10.7. The van der Waals surface area contributed by atoms with Gasteiger partial charge < -0.3 is 19.9 Å². The van der Waals surface area contributed by atoms with Crippen LogP contribution in [0.5, 0.6) is 0 Å². The number of nitrogens with one attached hydrogen (secondary N) is 1. The number of thiophene rings is 1. The van der Waals surface area contributed by atoms with Crippen molar-refractivity contribution in [2.75, 3.05) is 36.1 Å². The Bertz CT molecular complexity index is 914. The Morgan fingerprint density at radius 2 is 1.79 bits per heavy atom. The Balaban J connectivity index is 1.41. The van der Waals surface area contributed by atoms with Gasteiger partial charge in [0.05, 0.1) is 21.3 Å². The summed E-state index contributed by atoms with van der Waals surface area (Å²) in [6.45, 7) is 1.55. The van der Waals surface area contributed by atoms with Crippen molar-refractivity contribution in [3.05, 3.63) is 45.1 Å². The first-order chi connectivity index (χ1) is 13.5. The number of benzene rings is 1. The van der Waals surface area contributed by atoms with Gasteiger partial charge in [-0.3, -0.25) is 14.4 Å². The van der Waals surface area contributed by atoms with Gasteiger partial charge in [0, 0.05) is 30.9 Å². The van der Waals surface area contributed by atoms with Crippen molar-refractivity contribution in [1.29, 1.82) is 0 Å². The van der Waals surface area contributed by atoms with Gasteiger partial charge >= 0.3 is 0 Å². The van der Waals surface area contributed by atoms with E-state index < -0.39 is 0 Å². The lowest BCUT2D eigenvalue weighted by Gasteiger charge is -2.27. The number of nitrogens with zero attached hydrogens (tertiary/aromatic N) is 2. The van der Waals surface area contributed by atoms with Crippen LogP contribution in [0, 0.1) is 0 Å². The SMILES string of the molecule is O=C(NC1CC(=O)N(c2ccc(N3CCOCC3=O)cc2)C1)c1ccc(Br)s1. The smallest absolute Gasteiger partial charge is 0.261 e. The highest BCUT2D eigenvalue weighted by atomic mass is 79.9. The zero-order chi connectivity index (χ0) is 19.7. The minimum absolute atomic E-state index is 0.0344. The van der Waals surface area contributed by atoms with Gasteiger partial charge in [-0.05, 0) is 52.3 Å². The Hall–Kier alpha value is -2.23. The molecule has 0 bridgehead atoms. The zero-order valence-corrected chi connectivity index (χ0v) is 17.3. The van der Waals surface area contributed by atoms with Crippen molar-refractivity contribution in [1.82, 2.24) is 5.32 Å². The summed E-state index contributed by atoms with van der Waals surface area (Å²) in [4.78, 5) is 40.7. The Labute approximate surface area is 174 Å². The topological polar surface area (TPSA) is 79.0 Å². The first-order valence-corrected chi connectivity index (χ1v) is 10.5. The van der Waals surface area contributed by atoms with Crippen molar-refractivity contribution in [3.63, 3.8) is 0 Å². The molecular formula is C19H18BrN3O4S. The molecule has 0 saturated carbocycles. The van der Waals surface area contributed by atoms with Crippen LogP contribution in [-0.4, -0.2) is 50.1 Å². The van der Waals surface area contributed by atoms with E-state index in [1.165, 1.54) is 11.3 Å². The normalized spacial score (nSPS) is 20.0. The van der Waals surface area contributed by atoms with Crippen LogP contribution >= 0.6 is 27.3 Å². The van der Waals surface area contributed by atoms with Crippen molar-refractivity contribution in [2.45, 2.75) is 12.5 Å². The predicted molar refractivity (Wildman–Crippen MR) is 110 cm³/mol. The van der Waals surface area contributed by atoms with Gasteiger partial charge in [0.1, 0.15) is 6.61 Å². The third-order valence-electron chi connectivity index (χ3n) is 4.72. The molecule has 0 spiro atoms. The van der Waals surface area contributed by atoms with E-state index in [-0.39, 0.29) is 36.8 Å². The molecule has 0 aliphatic carbocycles. The second-order valence-electron chi connectivity index (χ2n) is 6.60. The summed E-state index contributed by atoms with van der Waals surface area (Å²) in [6.07, 6.45) is 0.266. The number of anilines is 2. The molecule has 1 aromatic heterocycles. The maximum Gasteiger partial charge on any atom is 0.261 e. The number of carbonyl (C=O) groups excluding carboxylic acids is 3. The minimum atomic E-state index is -0.235. The molecule has 0 radical (unpaired) electrons. The molecule has 1 atom stereocenters. The summed E-state index contributed by atoms with van der Waals surface area (Å²) in [5.74, 6) is -0.274. The van der Waals surface area contributed by atoms with E-state index >= 15 is 0 Å². The van der Waals surface area contributed by atoms with Crippen LogP contribution in [0.1, 0.15) is 16.1 Å². The number of rotatable bonds is 4. The quantitative estimate of drug-likeness (QED) is 0.754. The third-order valence-corrected chi connectivity index (χ3v) is 6.34. The molecule has 3 heterocycles. The van der Waals surface area contributed by atoms with E-state index in [1.807, 2.05) is 30.3 Å². The van der Waals surface area contributed by atoms with Gasteiger partial charge in [0.25, 0.3) is 11.8 Å². The molecule has 1 unspecified atom stereocenters. The second-order valence-corrected chi connectivity index (χ2v) is 9.06. The van der Waals surface area contributed by atoms with E-state index in [4.69, 9.17) is 4.74 Å². The molecule has 2 aliphatic heterocycles. The number of halogens is 1. The molecule has 28 heavy (non-hydrogen) atoms. The molecule has 146 valence electrons. The molecule has 2 fully saturated rings. The molecule has 3 amide bonds. The van der Waals surface area contributed by atoms with E-state index in [2.05, 4.69) is 21.2 Å². The average molecular weight is 464 g/mol. The first-order valence-electron chi connectivity index (χ1n) is 8.86. The first kappa shape index (κ1) is 19.1. The van der Waals surface area contributed by atoms with E-state index in [1.54, 1.807) is 15.9 Å². The zero-order valence-electron chi connectivity index (χ0n) is 14.9. The molecule has 7 nitrogen and oxygen atoms in total. The lowest BCUT2D eigenvalue weighted by molar-refractivity contribution is -0.125. The van der Waals surface area contributed by atoms with Gasteiger partial charge in [-0.1, -0.05) is 0 Å². The number of ether oxygens (including phenoxy) is 1. The monoisotopic (exact) mass is 463 g/mol. The van der Waals surface area contributed by atoms with Crippen LogP contribution in [0.3, 0.4) is 0 Å². The second kappa shape index (κ2) is 8.02. The maximum atomic E-state index is 12.4. The number of hydrogen-bond acceptors (Lipinski definition) is 5. The summed E-state index contributed by atoms with van der Waals surface area (Å²) in [5.41, 5.74) is 1.54. The van der Waals surface area contributed by atoms with Crippen LogP contribution in [-0.2, 0) is 14.3 Å². The standard InChI is InChI=1S/C19H18BrN3O4S/c20-16-6-5-15(28-16)19(26)21-12-9-17(24)23(10-12)14-3-1-13(2-4-14)22-7-8-27-11-18(22)25/h1-6,12H,7-11H2,(H,21,26). The lowest BCUT2D eigenvalue weighted by atomic mass is 10.2. The highest BCUT2D eigenvalue weighted by Crippen LogP contribution is 2.26. The fourth-order valence-corrected chi connectivity index (χ4v) is 4.64. The van der Waals surface area contributed by atoms with Gasteiger partial charge in [-0.2, -0.15) is 0 Å². The number of morpholine rings is 1. The van der Waals surface area contributed by atoms with Crippen LogP contribution in [0.4, 0.5) is 11.4 Å². The van der Waals surface area contributed by atoms with Crippen LogP contribution in [0.15, 0.2) is 40.2 Å².